The zero-order valence-electron chi connectivity index (χ0n) is 10.8. The Labute approximate surface area is 120 Å². The maximum Gasteiger partial charge on any atom is 0.270 e. The Morgan fingerprint density at radius 1 is 1.60 bits per heavy atom. The summed E-state index contributed by atoms with van der Waals surface area (Å²) in [6.07, 6.45) is 3.20. The number of hydrogen-bond donors (Lipinski definition) is 1. The van der Waals surface area contributed by atoms with Gasteiger partial charge in [0.2, 0.25) is 4.77 Å². The van der Waals surface area contributed by atoms with Crippen molar-refractivity contribution in [1.82, 2.24) is 14.9 Å². The normalized spacial score (nSPS) is 11.1. The highest BCUT2D eigenvalue weighted by molar-refractivity contribution is 7.71. The number of hydrogen-bond acceptors (Lipinski definition) is 5. The number of nitro benzene ring substituents is 1. The van der Waals surface area contributed by atoms with Gasteiger partial charge in [-0.15, -0.1) is 0 Å². The molecular weight excluding hydrogens is 278 g/mol. The van der Waals surface area contributed by atoms with Crippen LogP contribution >= 0.6 is 12.2 Å². The average molecular weight is 291 g/mol. The molecule has 7 nitrogen and oxygen atoms in total. The largest absolute Gasteiger partial charge is 0.270 e. The summed E-state index contributed by atoms with van der Waals surface area (Å²) in [5, 5.41) is 21.7. The van der Waals surface area contributed by atoms with E-state index in [1.807, 2.05) is 6.92 Å². The van der Waals surface area contributed by atoms with E-state index >= 15 is 0 Å². The molecular formula is C12H13N5O2S. The molecule has 0 spiro atoms. The molecule has 0 unspecified atom stereocenters. The summed E-state index contributed by atoms with van der Waals surface area (Å²) in [6, 6.07) is 6.23. The fourth-order valence-electron chi connectivity index (χ4n) is 1.67. The Kier molecular flexibility index (Phi) is 4.36. The number of nitrogens with zero attached hydrogens (tertiary/aromatic N) is 4. The average Bonchev–Trinajstić information content (AvgIpc) is 2.78. The maximum atomic E-state index is 10.7. The molecule has 1 aromatic heterocycles. The van der Waals surface area contributed by atoms with E-state index in [2.05, 4.69) is 15.3 Å². The summed E-state index contributed by atoms with van der Waals surface area (Å²) < 4.78 is 1.92. The second-order valence-electron chi connectivity index (χ2n) is 4.10. The number of nitrogens with one attached hydrogen (secondary N) is 1. The Morgan fingerprint density at radius 3 is 3.10 bits per heavy atom. The molecule has 0 aliphatic rings. The lowest BCUT2D eigenvalue weighted by molar-refractivity contribution is -0.384. The molecule has 104 valence electrons. The van der Waals surface area contributed by atoms with Gasteiger partial charge in [-0.25, -0.2) is 0 Å². The van der Waals surface area contributed by atoms with Crippen LogP contribution in [-0.2, 0) is 6.42 Å². The first-order valence-electron chi connectivity index (χ1n) is 6.07. The monoisotopic (exact) mass is 291 g/mol. The van der Waals surface area contributed by atoms with Gasteiger partial charge in [-0.2, -0.15) is 14.9 Å². The summed E-state index contributed by atoms with van der Waals surface area (Å²) in [6.45, 7) is 2.03. The summed E-state index contributed by atoms with van der Waals surface area (Å²) in [5.74, 6) is 0.735. The van der Waals surface area contributed by atoms with Crippen molar-refractivity contribution in [2.45, 2.75) is 19.8 Å². The molecule has 1 aromatic carbocycles. The quantitative estimate of drug-likeness (QED) is 0.397. The molecule has 0 aliphatic heterocycles. The third kappa shape index (κ3) is 3.15. The molecule has 20 heavy (non-hydrogen) atoms. The molecule has 1 N–H and O–H groups in total. The van der Waals surface area contributed by atoms with Crippen molar-refractivity contribution in [1.29, 1.82) is 0 Å². The Morgan fingerprint density at radius 2 is 2.40 bits per heavy atom. The van der Waals surface area contributed by atoms with Gasteiger partial charge in [-0.1, -0.05) is 19.1 Å². The van der Waals surface area contributed by atoms with E-state index in [1.54, 1.807) is 12.1 Å². The summed E-state index contributed by atoms with van der Waals surface area (Å²) >= 11 is 5.09. The molecule has 0 bridgehead atoms. The Balaban J connectivity index is 2.29. The van der Waals surface area contributed by atoms with Crippen molar-refractivity contribution in [3.8, 4) is 0 Å². The van der Waals surface area contributed by atoms with Gasteiger partial charge in [0.15, 0.2) is 5.82 Å². The minimum atomic E-state index is -0.441. The molecule has 0 fully saturated rings. The van der Waals surface area contributed by atoms with Crippen LogP contribution in [-0.4, -0.2) is 26.0 Å². The molecule has 0 atom stereocenters. The van der Waals surface area contributed by atoms with Crippen molar-refractivity contribution in [2.75, 3.05) is 0 Å². The first-order valence-corrected chi connectivity index (χ1v) is 6.47. The van der Waals surface area contributed by atoms with Gasteiger partial charge in [0.1, 0.15) is 0 Å². The lowest BCUT2D eigenvalue weighted by Crippen LogP contribution is -1.99. The number of rotatable bonds is 5. The zero-order valence-corrected chi connectivity index (χ0v) is 11.6. The van der Waals surface area contributed by atoms with Crippen LogP contribution in [0, 0.1) is 14.9 Å². The lowest BCUT2D eigenvalue weighted by atomic mass is 10.2. The van der Waals surface area contributed by atoms with Gasteiger partial charge < -0.3 is 0 Å². The van der Waals surface area contributed by atoms with Gasteiger partial charge in [0.25, 0.3) is 5.69 Å². The van der Waals surface area contributed by atoms with Crippen LogP contribution in [0.25, 0.3) is 0 Å². The number of aromatic nitrogens is 3. The predicted octanol–water partition coefficient (Wildman–Crippen LogP) is 2.68. The molecule has 0 saturated carbocycles. The first-order chi connectivity index (χ1) is 9.61. The van der Waals surface area contributed by atoms with Crippen LogP contribution in [0.15, 0.2) is 29.4 Å². The Hall–Kier alpha value is -2.35. The molecule has 8 heteroatoms. The summed E-state index contributed by atoms with van der Waals surface area (Å²) in [5.41, 5.74) is 0.656. The van der Waals surface area contributed by atoms with Crippen molar-refractivity contribution >= 4 is 24.1 Å². The Bertz CT molecular complexity index is 704. The number of aryl methyl sites for hydroxylation is 1. The number of H-pyrrole nitrogens is 1. The van der Waals surface area contributed by atoms with Crippen LogP contribution in [0.2, 0.25) is 0 Å². The van der Waals surface area contributed by atoms with Gasteiger partial charge in [-0.05, 0) is 18.6 Å². The lowest BCUT2D eigenvalue weighted by Gasteiger charge is -1.98. The van der Waals surface area contributed by atoms with Crippen molar-refractivity contribution < 1.29 is 4.92 Å². The SMILES string of the molecule is CCCc1n[nH]c(=S)n1/N=C\c1cccc([N+](=O)[O-])c1. The number of nitro groups is 1. The first kappa shape index (κ1) is 14.1. The molecule has 0 aliphatic carbocycles. The van der Waals surface area contributed by atoms with E-state index in [1.165, 1.54) is 23.0 Å². The highest BCUT2D eigenvalue weighted by Gasteiger charge is 2.05. The van der Waals surface area contributed by atoms with Gasteiger partial charge in [-0.3, -0.25) is 15.2 Å². The van der Waals surface area contributed by atoms with Gasteiger partial charge in [0, 0.05) is 24.1 Å². The fourth-order valence-corrected chi connectivity index (χ4v) is 1.87. The van der Waals surface area contributed by atoms with Crippen LogP contribution in [0.1, 0.15) is 24.7 Å². The molecule has 0 amide bonds. The highest BCUT2D eigenvalue weighted by Crippen LogP contribution is 2.11. The van der Waals surface area contributed by atoms with Crippen molar-refractivity contribution in [3.63, 3.8) is 0 Å². The summed E-state index contributed by atoms with van der Waals surface area (Å²) in [4.78, 5) is 10.3. The summed E-state index contributed by atoms with van der Waals surface area (Å²) in [7, 11) is 0. The number of aromatic amines is 1. The van der Waals surface area contributed by atoms with Crippen molar-refractivity contribution in [2.24, 2.45) is 5.10 Å². The van der Waals surface area contributed by atoms with Gasteiger partial charge >= 0.3 is 0 Å². The van der Waals surface area contributed by atoms with E-state index in [4.69, 9.17) is 12.2 Å². The smallest absolute Gasteiger partial charge is 0.258 e. The topological polar surface area (TPSA) is 89.1 Å². The third-order valence-electron chi connectivity index (χ3n) is 2.59. The van der Waals surface area contributed by atoms with Crippen LogP contribution in [0.5, 0.6) is 0 Å². The van der Waals surface area contributed by atoms with E-state index in [9.17, 15) is 10.1 Å². The second-order valence-corrected chi connectivity index (χ2v) is 4.49. The van der Waals surface area contributed by atoms with Gasteiger partial charge in [0.05, 0.1) is 11.1 Å². The van der Waals surface area contributed by atoms with Crippen molar-refractivity contribution in [3.05, 3.63) is 50.5 Å². The molecule has 2 rings (SSSR count). The zero-order chi connectivity index (χ0) is 14.5. The maximum absolute atomic E-state index is 10.7. The minimum absolute atomic E-state index is 0.0264. The van der Waals surface area contributed by atoms with Crippen LogP contribution in [0.4, 0.5) is 5.69 Å². The van der Waals surface area contributed by atoms with E-state index in [0.717, 1.165) is 18.7 Å². The van der Waals surface area contributed by atoms with Crippen LogP contribution < -0.4 is 0 Å². The van der Waals surface area contributed by atoms with E-state index in [0.29, 0.717) is 10.3 Å². The standard InChI is InChI=1S/C12H13N5O2S/c1-2-4-11-14-15-12(20)16(11)13-8-9-5-3-6-10(7-9)17(18)19/h3,5-8H,2,4H2,1H3,(H,15,20)/b13-8-. The third-order valence-corrected chi connectivity index (χ3v) is 2.86. The molecule has 0 radical (unpaired) electrons. The number of benzene rings is 1. The molecule has 2 aromatic rings. The number of non-ortho nitro benzene ring substituents is 1. The van der Waals surface area contributed by atoms with E-state index < -0.39 is 4.92 Å². The molecule has 0 saturated heterocycles. The predicted molar refractivity (Wildman–Crippen MR) is 77.5 cm³/mol. The minimum Gasteiger partial charge on any atom is -0.258 e. The highest BCUT2D eigenvalue weighted by atomic mass is 32.1. The van der Waals surface area contributed by atoms with E-state index in [-0.39, 0.29) is 5.69 Å². The molecule has 1 heterocycles. The fraction of sp³-hybridized carbons (Fsp3) is 0.250. The second kappa shape index (κ2) is 6.20. The van der Waals surface area contributed by atoms with Crippen LogP contribution in [0.3, 0.4) is 0 Å².